The normalized spacial score (nSPS) is 16.2. The van der Waals surface area contributed by atoms with E-state index in [0.29, 0.717) is 48.7 Å². The van der Waals surface area contributed by atoms with E-state index in [4.69, 9.17) is 9.47 Å². The van der Waals surface area contributed by atoms with Crippen LogP contribution >= 0.6 is 0 Å². The summed E-state index contributed by atoms with van der Waals surface area (Å²) in [6.07, 6.45) is 2.16. The molecule has 0 unspecified atom stereocenters. The minimum atomic E-state index is -0.851. The van der Waals surface area contributed by atoms with Gasteiger partial charge >= 0.3 is 0 Å². The molecule has 0 saturated heterocycles. The van der Waals surface area contributed by atoms with E-state index in [9.17, 15) is 9.90 Å². The summed E-state index contributed by atoms with van der Waals surface area (Å²) in [6.45, 7) is 4.71. The van der Waals surface area contributed by atoms with Crippen LogP contribution in [0.3, 0.4) is 0 Å². The highest BCUT2D eigenvalue weighted by atomic mass is 16.5. The summed E-state index contributed by atoms with van der Waals surface area (Å²) in [6, 6.07) is 3.31. The molecule has 4 nitrogen and oxygen atoms in total. The maximum Gasteiger partial charge on any atom is 0.150 e. The van der Waals surface area contributed by atoms with Crippen LogP contribution in [0.15, 0.2) is 12.1 Å². The van der Waals surface area contributed by atoms with Gasteiger partial charge in [-0.3, -0.25) is 4.79 Å². The van der Waals surface area contributed by atoms with Crippen molar-refractivity contribution in [2.75, 3.05) is 13.2 Å². The Hall–Kier alpha value is -1.55. The quantitative estimate of drug-likeness (QED) is 0.787. The zero-order valence-electron chi connectivity index (χ0n) is 10.7. The smallest absolute Gasteiger partial charge is 0.150 e. The summed E-state index contributed by atoms with van der Waals surface area (Å²) in [4.78, 5) is 10.9. The minimum absolute atomic E-state index is 0.483. The van der Waals surface area contributed by atoms with Gasteiger partial charge in [0.15, 0.2) is 0 Å². The largest absolute Gasteiger partial charge is 0.493 e. The van der Waals surface area contributed by atoms with E-state index in [0.717, 1.165) is 6.29 Å². The molecule has 0 amide bonds. The van der Waals surface area contributed by atoms with E-state index in [-0.39, 0.29) is 0 Å². The van der Waals surface area contributed by atoms with Crippen molar-refractivity contribution in [2.24, 2.45) is 0 Å². The lowest BCUT2D eigenvalue weighted by molar-refractivity contribution is 0.112. The van der Waals surface area contributed by atoms with Crippen LogP contribution in [-0.2, 0) is 5.60 Å². The topological polar surface area (TPSA) is 55.8 Å². The number of carbonyl (C=O) groups excluding carboxylic acids is 1. The Morgan fingerprint density at radius 3 is 2.06 bits per heavy atom. The second-order valence-corrected chi connectivity index (χ2v) is 4.41. The van der Waals surface area contributed by atoms with Gasteiger partial charge in [0.2, 0.25) is 0 Å². The van der Waals surface area contributed by atoms with E-state index < -0.39 is 5.60 Å². The molecule has 18 heavy (non-hydrogen) atoms. The molecular weight excluding hydrogens is 232 g/mol. The zero-order chi connectivity index (χ0) is 13.2. The molecule has 1 aromatic carbocycles. The molecule has 2 rings (SSSR count). The first-order chi connectivity index (χ1) is 8.64. The van der Waals surface area contributed by atoms with E-state index in [1.54, 1.807) is 12.1 Å². The molecule has 0 spiro atoms. The highest BCUT2D eigenvalue weighted by molar-refractivity contribution is 5.78. The lowest BCUT2D eigenvalue weighted by Crippen LogP contribution is -2.12. The first-order valence-corrected chi connectivity index (χ1v) is 6.26. The molecule has 4 heteroatoms. The molecule has 1 aliphatic carbocycles. The molecule has 0 aliphatic heterocycles. The van der Waals surface area contributed by atoms with E-state index in [1.165, 1.54) is 0 Å². The van der Waals surface area contributed by atoms with E-state index >= 15 is 0 Å². The number of benzene rings is 1. The van der Waals surface area contributed by atoms with Gasteiger partial charge in [0, 0.05) is 5.56 Å². The van der Waals surface area contributed by atoms with Crippen molar-refractivity contribution in [3.8, 4) is 11.5 Å². The highest BCUT2D eigenvalue weighted by Crippen LogP contribution is 2.52. The van der Waals surface area contributed by atoms with Crippen LogP contribution in [0.4, 0.5) is 0 Å². The van der Waals surface area contributed by atoms with Gasteiger partial charge in [-0.25, -0.2) is 0 Å². The Kier molecular flexibility index (Phi) is 3.57. The summed E-state index contributed by atoms with van der Waals surface area (Å²) in [5, 5.41) is 10.3. The third kappa shape index (κ3) is 2.34. The van der Waals surface area contributed by atoms with Crippen molar-refractivity contribution in [3.63, 3.8) is 0 Å². The van der Waals surface area contributed by atoms with Crippen LogP contribution in [0.5, 0.6) is 11.5 Å². The molecule has 1 N–H and O–H groups in total. The molecule has 1 aliphatic rings. The first-order valence-electron chi connectivity index (χ1n) is 6.26. The molecule has 98 valence electrons. The fourth-order valence-corrected chi connectivity index (χ4v) is 2.04. The second-order valence-electron chi connectivity index (χ2n) is 4.41. The molecule has 1 aromatic rings. The predicted molar refractivity (Wildman–Crippen MR) is 67.3 cm³/mol. The van der Waals surface area contributed by atoms with Crippen molar-refractivity contribution in [1.82, 2.24) is 0 Å². The number of carbonyl (C=O) groups is 1. The number of aliphatic hydroxyl groups is 1. The van der Waals surface area contributed by atoms with Crippen LogP contribution in [0, 0.1) is 0 Å². The SMILES string of the molecule is CCOc1cc(C=O)cc(OCC)c1C1(O)CC1. The molecule has 0 atom stereocenters. The van der Waals surface area contributed by atoms with Crippen molar-refractivity contribution in [2.45, 2.75) is 32.3 Å². The molecule has 0 bridgehead atoms. The Balaban J connectivity index is 2.53. The average molecular weight is 250 g/mol. The third-order valence-corrected chi connectivity index (χ3v) is 3.01. The van der Waals surface area contributed by atoms with Crippen LogP contribution < -0.4 is 9.47 Å². The lowest BCUT2D eigenvalue weighted by atomic mass is 10.0. The number of rotatable bonds is 6. The van der Waals surface area contributed by atoms with Gasteiger partial charge in [0.1, 0.15) is 17.8 Å². The predicted octanol–water partition coefficient (Wildman–Crippen LogP) is 2.28. The molecule has 0 aromatic heterocycles. The van der Waals surface area contributed by atoms with Gasteiger partial charge in [0.25, 0.3) is 0 Å². The minimum Gasteiger partial charge on any atom is -0.493 e. The van der Waals surface area contributed by atoms with Crippen molar-refractivity contribution in [3.05, 3.63) is 23.3 Å². The van der Waals surface area contributed by atoms with Crippen molar-refractivity contribution >= 4 is 6.29 Å². The summed E-state index contributed by atoms with van der Waals surface area (Å²) in [5.41, 5.74) is 0.322. The summed E-state index contributed by atoms with van der Waals surface area (Å²) in [5.74, 6) is 1.09. The standard InChI is InChI=1S/C14H18O4/c1-3-17-11-7-10(9-15)8-12(18-4-2)13(11)14(16)5-6-14/h7-9,16H,3-6H2,1-2H3. The van der Waals surface area contributed by atoms with Crippen LogP contribution in [0.2, 0.25) is 0 Å². The molecule has 1 fully saturated rings. The Bertz CT molecular complexity index is 422. The first kappa shape index (κ1) is 12.9. The summed E-state index contributed by atoms with van der Waals surface area (Å²) in [7, 11) is 0. The van der Waals surface area contributed by atoms with Gasteiger partial charge in [-0.1, -0.05) is 0 Å². The van der Waals surface area contributed by atoms with Crippen LogP contribution in [0.25, 0.3) is 0 Å². The van der Waals surface area contributed by atoms with Gasteiger partial charge < -0.3 is 14.6 Å². The maximum atomic E-state index is 10.9. The molecule has 1 saturated carbocycles. The number of hydrogen-bond donors (Lipinski definition) is 1. The molecule has 0 heterocycles. The monoisotopic (exact) mass is 250 g/mol. The average Bonchev–Trinajstić information content (AvgIpc) is 3.08. The van der Waals surface area contributed by atoms with E-state index in [1.807, 2.05) is 13.8 Å². The van der Waals surface area contributed by atoms with Crippen molar-refractivity contribution in [1.29, 1.82) is 0 Å². The number of hydrogen-bond acceptors (Lipinski definition) is 4. The molecular formula is C14H18O4. The second kappa shape index (κ2) is 4.98. The number of ether oxygens (including phenoxy) is 2. The Morgan fingerprint density at radius 1 is 1.22 bits per heavy atom. The maximum absolute atomic E-state index is 10.9. The van der Waals surface area contributed by atoms with Gasteiger partial charge in [-0.15, -0.1) is 0 Å². The van der Waals surface area contributed by atoms with Crippen LogP contribution in [-0.4, -0.2) is 24.6 Å². The Morgan fingerprint density at radius 2 is 1.72 bits per heavy atom. The highest BCUT2D eigenvalue weighted by Gasteiger charge is 2.46. The van der Waals surface area contributed by atoms with Gasteiger partial charge in [0.05, 0.1) is 24.4 Å². The number of aldehydes is 1. The fraction of sp³-hybridized carbons (Fsp3) is 0.500. The third-order valence-electron chi connectivity index (χ3n) is 3.01. The fourth-order valence-electron chi connectivity index (χ4n) is 2.04. The zero-order valence-corrected chi connectivity index (χ0v) is 10.7. The Labute approximate surface area is 107 Å². The van der Waals surface area contributed by atoms with Gasteiger partial charge in [-0.05, 0) is 38.8 Å². The van der Waals surface area contributed by atoms with Crippen LogP contribution in [0.1, 0.15) is 42.6 Å². The summed E-state index contributed by atoms with van der Waals surface area (Å²) >= 11 is 0. The van der Waals surface area contributed by atoms with Gasteiger partial charge in [-0.2, -0.15) is 0 Å². The summed E-state index contributed by atoms with van der Waals surface area (Å²) < 4.78 is 11.1. The van der Waals surface area contributed by atoms with E-state index in [2.05, 4.69) is 0 Å². The molecule has 0 radical (unpaired) electrons. The van der Waals surface area contributed by atoms with Crippen molar-refractivity contribution < 1.29 is 19.4 Å². The lowest BCUT2D eigenvalue weighted by Gasteiger charge is -2.19.